The van der Waals surface area contributed by atoms with E-state index in [9.17, 15) is 9.90 Å². The molecule has 0 aliphatic carbocycles. The van der Waals surface area contributed by atoms with Crippen molar-refractivity contribution in [3.05, 3.63) is 53.6 Å². The fourth-order valence-corrected chi connectivity index (χ4v) is 2.74. The highest BCUT2D eigenvalue weighted by Gasteiger charge is 2.26. The van der Waals surface area contributed by atoms with Crippen LogP contribution in [0.1, 0.15) is 24.5 Å². The lowest BCUT2D eigenvalue weighted by atomic mass is 9.95. The van der Waals surface area contributed by atoms with Crippen LogP contribution in [0.15, 0.2) is 42.5 Å². The van der Waals surface area contributed by atoms with Crippen LogP contribution in [-0.2, 0) is 16.8 Å². The summed E-state index contributed by atoms with van der Waals surface area (Å²) < 4.78 is 15.7. The molecule has 1 heterocycles. The Hall–Kier alpha value is -2.73. The number of fused-ring (bicyclic) bond motifs is 1. The van der Waals surface area contributed by atoms with Gasteiger partial charge in [0.1, 0.15) is 11.4 Å². The van der Waals surface area contributed by atoms with Crippen LogP contribution in [0.2, 0.25) is 0 Å². The first kappa shape index (κ1) is 18.1. The summed E-state index contributed by atoms with van der Waals surface area (Å²) in [5.74, 6) is 1.95. The minimum atomic E-state index is -1.20. The van der Waals surface area contributed by atoms with Crippen LogP contribution in [0.4, 0.5) is 0 Å². The summed E-state index contributed by atoms with van der Waals surface area (Å²) in [6.45, 7) is 1.96. The summed E-state index contributed by atoms with van der Waals surface area (Å²) >= 11 is 0. The molecule has 2 aromatic carbocycles. The van der Waals surface area contributed by atoms with Crippen molar-refractivity contribution in [2.45, 2.75) is 25.4 Å². The molecule has 6 nitrogen and oxygen atoms in total. The highest BCUT2D eigenvalue weighted by atomic mass is 16.7. The Balaban J connectivity index is 1.51. The lowest BCUT2D eigenvalue weighted by Crippen LogP contribution is -2.38. The van der Waals surface area contributed by atoms with Crippen molar-refractivity contribution < 1.29 is 24.1 Å². The van der Waals surface area contributed by atoms with Crippen LogP contribution in [0.3, 0.4) is 0 Å². The summed E-state index contributed by atoms with van der Waals surface area (Å²) in [4.78, 5) is 12.1. The molecule has 138 valence electrons. The fourth-order valence-electron chi connectivity index (χ4n) is 2.74. The van der Waals surface area contributed by atoms with Gasteiger partial charge in [0.05, 0.1) is 13.7 Å². The average Bonchev–Trinajstić information content (AvgIpc) is 3.13. The molecule has 1 aliphatic heterocycles. The predicted molar refractivity (Wildman–Crippen MR) is 96.5 cm³/mol. The van der Waals surface area contributed by atoms with E-state index in [0.717, 1.165) is 11.3 Å². The summed E-state index contributed by atoms with van der Waals surface area (Å²) in [5, 5.41) is 13.5. The molecule has 1 atom stereocenters. The average molecular weight is 357 g/mol. The summed E-state index contributed by atoms with van der Waals surface area (Å²) in [5.41, 5.74) is 0.525. The molecule has 3 rings (SSSR count). The first-order chi connectivity index (χ1) is 12.5. The summed E-state index contributed by atoms with van der Waals surface area (Å²) in [6, 6.07) is 12.9. The van der Waals surface area contributed by atoms with E-state index >= 15 is 0 Å². The fraction of sp³-hybridized carbons (Fsp3) is 0.350. The molecule has 0 saturated carbocycles. The number of benzene rings is 2. The lowest BCUT2D eigenvalue weighted by Gasteiger charge is -2.24. The van der Waals surface area contributed by atoms with E-state index in [0.29, 0.717) is 29.9 Å². The minimum absolute atomic E-state index is 0.109. The number of nitrogens with one attached hydrogen (secondary N) is 1. The van der Waals surface area contributed by atoms with Gasteiger partial charge in [0.15, 0.2) is 11.5 Å². The van der Waals surface area contributed by atoms with Crippen LogP contribution in [0, 0.1) is 0 Å². The van der Waals surface area contributed by atoms with Crippen molar-refractivity contribution in [1.29, 1.82) is 0 Å². The number of carbonyl (C=O) groups excluding carboxylic acids is 1. The molecular weight excluding hydrogens is 334 g/mol. The topological polar surface area (TPSA) is 77.0 Å². The van der Waals surface area contributed by atoms with E-state index in [4.69, 9.17) is 14.2 Å². The first-order valence-corrected chi connectivity index (χ1v) is 8.50. The van der Waals surface area contributed by atoms with Crippen molar-refractivity contribution in [1.82, 2.24) is 5.32 Å². The first-order valence-electron chi connectivity index (χ1n) is 8.50. The van der Waals surface area contributed by atoms with Gasteiger partial charge in [-0.15, -0.1) is 0 Å². The molecule has 0 spiro atoms. The molecule has 2 N–H and O–H groups in total. The van der Waals surface area contributed by atoms with E-state index in [1.807, 2.05) is 24.3 Å². The summed E-state index contributed by atoms with van der Waals surface area (Å²) in [6.07, 6.45) is 0.978. The SMILES string of the molecule is COc1ccc(CCC(=O)NCC(C)(O)c2ccc3c(c2)OCO3)cc1. The van der Waals surface area contributed by atoms with Gasteiger partial charge in [0.25, 0.3) is 0 Å². The monoisotopic (exact) mass is 357 g/mol. The van der Waals surface area contributed by atoms with Crippen molar-refractivity contribution in [3.63, 3.8) is 0 Å². The Morgan fingerprint density at radius 2 is 1.92 bits per heavy atom. The van der Waals surface area contributed by atoms with Gasteiger partial charge in [0, 0.05) is 6.42 Å². The van der Waals surface area contributed by atoms with Crippen LogP contribution in [0.25, 0.3) is 0 Å². The van der Waals surface area contributed by atoms with Crippen molar-refractivity contribution >= 4 is 5.91 Å². The molecule has 0 radical (unpaired) electrons. The molecule has 2 aromatic rings. The number of methoxy groups -OCH3 is 1. The second-order valence-electron chi connectivity index (χ2n) is 6.47. The Morgan fingerprint density at radius 3 is 2.65 bits per heavy atom. The molecule has 0 saturated heterocycles. The number of rotatable bonds is 7. The number of ether oxygens (including phenoxy) is 3. The van der Waals surface area contributed by atoms with Crippen molar-refractivity contribution in [2.24, 2.45) is 0 Å². The predicted octanol–water partition coefficient (Wildman–Crippen LogP) is 2.38. The zero-order chi connectivity index (χ0) is 18.6. The van der Waals surface area contributed by atoms with Crippen LogP contribution in [-0.4, -0.2) is 31.5 Å². The van der Waals surface area contributed by atoms with Gasteiger partial charge in [-0.2, -0.15) is 0 Å². The van der Waals surface area contributed by atoms with Crippen molar-refractivity contribution in [2.75, 3.05) is 20.4 Å². The van der Waals surface area contributed by atoms with Gasteiger partial charge in [-0.1, -0.05) is 18.2 Å². The molecule has 1 unspecified atom stereocenters. The van der Waals surface area contributed by atoms with Gasteiger partial charge in [0.2, 0.25) is 12.7 Å². The van der Waals surface area contributed by atoms with Crippen LogP contribution in [0.5, 0.6) is 17.2 Å². The molecule has 1 amide bonds. The number of aliphatic hydroxyl groups is 1. The van der Waals surface area contributed by atoms with Gasteiger partial charge in [-0.05, 0) is 48.7 Å². The number of hydrogen-bond donors (Lipinski definition) is 2. The molecule has 0 bridgehead atoms. The zero-order valence-corrected chi connectivity index (χ0v) is 15.0. The van der Waals surface area contributed by atoms with Gasteiger partial charge in [-0.25, -0.2) is 0 Å². The van der Waals surface area contributed by atoms with Crippen LogP contribution >= 0.6 is 0 Å². The third-order valence-corrected chi connectivity index (χ3v) is 4.42. The van der Waals surface area contributed by atoms with Gasteiger partial charge in [-0.3, -0.25) is 4.79 Å². The largest absolute Gasteiger partial charge is 0.497 e. The normalized spacial score (nSPS) is 14.6. The maximum absolute atomic E-state index is 12.1. The van der Waals surface area contributed by atoms with E-state index in [1.165, 1.54) is 0 Å². The van der Waals surface area contributed by atoms with E-state index < -0.39 is 5.60 Å². The third kappa shape index (κ3) is 4.26. The standard InChI is InChI=1S/C20H23NO5/c1-20(23,15-6-9-17-18(11-15)26-13-25-17)12-21-19(22)10-5-14-3-7-16(24-2)8-4-14/h3-4,6-9,11,23H,5,10,12-13H2,1-2H3,(H,21,22). The third-order valence-electron chi connectivity index (χ3n) is 4.42. The van der Waals surface area contributed by atoms with E-state index in [2.05, 4.69) is 5.32 Å². The Labute approximate surface area is 152 Å². The molecule has 26 heavy (non-hydrogen) atoms. The second-order valence-corrected chi connectivity index (χ2v) is 6.47. The maximum Gasteiger partial charge on any atom is 0.231 e. The number of aryl methyl sites for hydroxylation is 1. The number of carbonyl (C=O) groups is 1. The van der Waals surface area contributed by atoms with Crippen molar-refractivity contribution in [3.8, 4) is 17.2 Å². The Bertz CT molecular complexity index is 770. The molecule has 6 heteroatoms. The lowest BCUT2D eigenvalue weighted by molar-refractivity contribution is -0.122. The maximum atomic E-state index is 12.1. The number of hydrogen-bond acceptors (Lipinski definition) is 5. The van der Waals surface area contributed by atoms with E-state index in [-0.39, 0.29) is 19.2 Å². The molecule has 0 aromatic heterocycles. The van der Waals surface area contributed by atoms with E-state index in [1.54, 1.807) is 32.2 Å². The molecule has 0 fully saturated rings. The smallest absolute Gasteiger partial charge is 0.231 e. The quantitative estimate of drug-likeness (QED) is 0.796. The van der Waals surface area contributed by atoms with Gasteiger partial charge < -0.3 is 24.6 Å². The minimum Gasteiger partial charge on any atom is -0.497 e. The Kier molecular flexibility index (Phi) is 5.32. The molecule has 1 aliphatic rings. The highest BCUT2D eigenvalue weighted by molar-refractivity contribution is 5.76. The highest BCUT2D eigenvalue weighted by Crippen LogP contribution is 2.35. The summed E-state index contributed by atoms with van der Waals surface area (Å²) in [7, 11) is 1.62. The van der Waals surface area contributed by atoms with Crippen LogP contribution < -0.4 is 19.5 Å². The zero-order valence-electron chi connectivity index (χ0n) is 15.0. The molecular formula is C20H23NO5. The second kappa shape index (κ2) is 7.66. The Morgan fingerprint density at radius 1 is 1.19 bits per heavy atom. The number of amides is 1. The van der Waals surface area contributed by atoms with Gasteiger partial charge >= 0.3 is 0 Å².